The van der Waals surface area contributed by atoms with Gasteiger partial charge in [-0.15, -0.1) is 10.2 Å². The molecule has 1 saturated heterocycles. The fraction of sp³-hybridized carbons (Fsp3) is 0.727. The first-order chi connectivity index (χ1) is 9.01. The Morgan fingerprint density at radius 2 is 2.32 bits per heavy atom. The first kappa shape index (κ1) is 14.2. The van der Waals surface area contributed by atoms with Gasteiger partial charge in [-0.2, -0.15) is 0 Å². The molecule has 1 amide bonds. The van der Waals surface area contributed by atoms with Gasteiger partial charge in [-0.1, -0.05) is 11.3 Å². The van der Waals surface area contributed by atoms with Crippen molar-refractivity contribution in [3.8, 4) is 0 Å². The fourth-order valence-corrected chi connectivity index (χ4v) is 2.92. The van der Waals surface area contributed by atoms with E-state index in [1.165, 1.54) is 11.3 Å². The number of carbonyl (C=O) groups is 1. The summed E-state index contributed by atoms with van der Waals surface area (Å²) < 4.78 is 0. The van der Waals surface area contributed by atoms with E-state index in [9.17, 15) is 9.90 Å². The van der Waals surface area contributed by atoms with Gasteiger partial charge in [-0.25, -0.2) is 0 Å². The van der Waals surface area contributed by atoms with Gasteiger partial charge in [0.2, 0.25) is 10.1 Å². The summed E-state index contributed by atoms with van der Waals surface area (Å²) in [6, 6.07) is 0.0273. The SMILES string of the molecule is CNc1nnc(C(=O)N2CC(O)CC2CN(C)C)s1. The minimum Gasteiger partial charge on any atom is -0.391 e. The van der Waals surface area contributed by atoms with Crippen LogP contribution in [0.3, 0.4) is 0 Å². The van der Waals surface area contributed by atoms with Crippen LogP contribution in [0, 0.1) is 0 Å². The summed E-state index contributed by atoms with van der Waals surface area (Å²) in [6.45, 7) is 1.10. The molecule has 2 N–H and O–H groups in total. The largest absolute Gasteiger partial charge is 0.391 e. The number of nitrogens with one attached hydrogen (secondary N) is 1. The van der Waals surface area contributed by atoms with Crippen LogP contribution in [0.4, 0.5) is 5.13 Å². The number of nitrogens with zero attached hydrogens (tertiary/aromatic N) is 4. The van der Waals surface area contributed by atoms with E-state index >= 15 is 0 Å². The Morgan fingerprint density at radius 1 is 1.58 bits per heavy atom. The van der Waals surface area contributed by atoms with E-state index in [1.807, 2.05) is 19.0 Å². The number of β-amino-alcohol motifs (C(OH)–C–C–N with tert-alkyl or cyclic N) is 1. The predicted molar refractivity (Wildman–Crippen MR) is 73.5 cm³/mol. The van der Waals surface area contributed by atoms with Gasteiger partial charge in [0.15, 0.2) is 0 Å². The number of carbonyl (C=O) groups excluding carboxylic acids is 1. The molecule has 0 spiro atoms. The van der Waals surface area contributed by atoms with Gasteiger partial charge in [0.25, 0.3) is 5.91 Å². The Labute approximate surface area is 116 Å². The Hall–Kier alpha value is -1.25. The number of amides is 1. The smallest absolute Gasteiger partial charge is 0.285 e. The van der Waals surface area contributed by atoms with Crippen molar-refractivity contribution >= 4 is 22.4 Å². The monoisotopic (exact) mass is 285 g/mol. The van der Waals surface area contributed by atoms with Crippen molar-refractivity contribution in [3.05, 3.63) is 5.01 Å². The molecule has 2 rings (SSSR count). The molecule has 2 unspecified atom stereocenters. The van der Waals surface area contributed by atoms with Crippen molar-refractivity contribution in [2.24, 2.45) is 0 Å². The Morgan fingerprint density at radius 3 is 2.89 bits per heavy atom. The Bertz CT molecular complexity index is 450. The van der Waals surface area contributed by atoms with E-state index in [-0.39, 0.29) is 11.9 Å². The second-order valence-corrected chi connectivity index (χ2v) is 5.90. The van der Waals surface area contributed by atoms with Crippen molar-refractivity contribution in [1.82, 2.24) is 20.0 Å². The molecular weight excluding hydrogens is 266 g/mol. The summed E-state index contributed by atoms with van der Waals surface area (Å²) in [4.78, 5) is 16.1. The minimum absolute atomic E-state index is 0.0273. The van der Waals surface area contributed by atoms with E-state index < -0.39 is 6.10 Å². The van der Waals surface area contributed by atoms with Crippen LogP contribution in [-0.4, -0.2) is 77.4 Å². The predicted octanol–water partition coefficient (Wildman–Crippen LogP) is -0.283. The Kier molecular flexibility index (Phi) is 4.33. The van der Waals surface area contributed by atoms with Crippen molar-refractivity contribution < 1.29 is 9.90 Å². The van der Waals surface area contributed by atoms with E-state index in [4.69, 9.17) is 0 Å². The van der Waals surface area contributed by atoms with Crippen molar-refractivity contribution in [1.29, 1.82) is 0 Å². The number of aliphatic hydroxyl groups excluding tert-OH is 1. The molecule has 0 saturated carbocycles. The molecule has 1 fully saturated rings. The number of aliphatic hydroxyl groups is 1. The maximum Gasteiger partial charge on any atom is 0.285 e. The zero-order valence-electron chi connectivity index (χ0n) is 11.3. The molecule has 1 aromatic heterocycles. The molecule has 0 aliphatic carbocycles. The topological polar surface area (TPSA) is 81.6 Å². The molecule has 106 valence electrons. The summed E-state index contributed by atoms with van der Waals surface area (Å²) in [6.07, 6.45) is 0.160. The number of aromatic nitrogens is 2. The van der Waals surface area contributed by atoms with Gasteiger partial charge in [-0.3, -0.25) is 4.79 Å². The highest BCUT2D eigenvalue weighted by molar-refractivity contribution is 7.17. The number of hydrogen-bond donors (Lipinski definition) is 2. The van der Waals surface area contributed by atoms with Gasteiger partial charge in [0.05, 0.1) is 6.10 Å². The Balaban J connectivity index is 2.11. The van der Waals surface area contributed by atoms with Crippen LogP contribution in [0.1, 0.15) is 16.2 Å². The van der Waals surface area contributed by atoms with Crippen molar-refractivity contribution in [2.75, 3.05) is 39.5 Å². The van der Waals surface area contributed by atoms with Gasteiger partial charge < -0.3 is 20.2 Å². The normalized spacial score (nSPS) is 23.1. The average Bonchev–Trinajstić information content (AvgIpc) is 2.94. The molecule has 1 aliphatic heterocycles. The molecular formula is C11H19N5O2S. The van der Waals surface area contributed by atoms with Crippen LogP contribution in [-0.2, 0) is 0 Å². The molecule has 0 aromatic carbocycles. The molecule has 2 atom stereocenters. The van der Waals surface area contributed by atoms with Gasteiger partial charge in [0, 0.05) is 26.2 Å². The summed E-state index contributed by atoms with van der Waals surface area (Å²) >= 11 is 1.23. The number of hydrogen-bond acceptors (Lipinski definition) is 7. The lowest BCUT2D eigenvalue weighted by atomic mass is 10.2. The molecule has 2 heterocycles. The van der Waals surface area contributed by atoms with Crippen LogP contribution in [0.5, 0.6) is 0 Å². The van der Waals surface area contributed by atoms with Gasteiger partial charge in [-0.05, 0) is 20.5 Å². The number of likely N-dealkylation sites (tertiary alicyclic amines) is 1. The fourth-order valence-electron chi connectivity index (χ4n) is 2.27. The maximum atomic E-state index is 12.4. The highest BCUT2D eigenvalue weighted by Crippen LogP contribution is 2.23. The lowest BCUT2D eigenvalue weighted by molar-refractivity contribution is 0.0698. The van der Waals surface area contributed by atoms with Crippen LogP contribution < -0.4 is 5.32 Å². The summed E-state index contributed by atoms with van der Waals surface area (Å²) in [5.41, 5.74) is 0. The first-order valence-electron chi connectivity index (χ1n) is 6.16. The van der Waals surface area contributed by atoms with Crippen molar-refractivity contribution in [3.63, 3.8) is 0 Å². The number of likely N-dealkylation sites (N-methyl/N-ethyl adjacent to an activating group) is 1. The summed E-state index contributed by atoms with van der Waals surface area (Å²) in [7, 11) is 5.65. The highest BCUT2D eigenvalue weighted by atomic mass is 32.1. The molecule has 19 heavy (non-hydrogen) atoms. The first-order valence-corrected chi connectivity index (χ1v) is 6.98. The van der Waals surface area contributed by atoms with E-state index in [2.05, 4.69) is 15.5 Å². The number of anilines is 1. The zero-order valence-corrected chi connectivity index (χ0v) is 12.1. The third-order valence-electron chi connectivity index (χ3n) is 3.05. The van der Waals surface area contributed by atoms with Crippen LogP contribution in [0.2, 0.25) is 0 Å². The van der Waals surface area contributed by atoms with E-state index in [0.717, 1.165) is 6.54 Å². The maximum absolute atomic E-state index is 12.4. The molecule has 7 nitrogen and oxygen atoms in total. The third-order valence-corrected chi connectivity index (χ3v) is 3.98. The molecule has 8 heteroatoms. The summed E-state index contributed by atoms with van der Waals surface area (Å²) in [5.74, 6) is -0.151. The van der Waals surface area contributed by atoms with Crippen LogP contribution >= 0.6 is 11.3 Å². The third kappa shape index (κ3) is 3.20. The second-order valence-electron chi connectivity index (χ2n) is 4.93. The lowest BCUT2D eigenvalue weighted by Crippen LogP contribution is -2.41. The molecule has 0 radical (unpaired) electrons. The van der Waals surface area contributed by atoms with Gasteiger partial charge >= 0.3 is 0 Å². The van der Waals surface area contributed by atoms with Crippen LogP contribution in [0.15, 0.2) is 0 Å². The second kappa shape index (κ2) is 5.81. The minimum atomic E-state index is -0.453. The number of rotatable bonds is 4. The van der Waals surface area contributed by atoms with Gasteiger partial charge in [0.1, 0.15) is 0 Å². The summed E-state index contributed by atoms with van der Waals surface area (Å²) in [5, 5.41) is 21.4. The zero-order chi connectivity index (χ0) is 14.0. The lowest BCUT2D eigenvalue weighted by Gasteiger charge is -2.25. The molecule has 0 bridgehead atoms. The molecule has 1 aromatic rings. The van der Waals surface area contributed by atoms with E-state index in [0.29, 0.717) is 23.1 Å². The van der Waals surface area contributed by atoms with E-state index in [1.54, 1.807) is 11.9 Å². The van der Waals surface area contributed by atoms with Crippen molar-refractivity contribution in [2.45, 2.75) is 18.6 Å². The highest BCUT2D eigenvalue weighted by Gasteiger charge is 2.36. The average molecular weight is 285 g/mol. The standard InChI is InChI=1S/C11H19N5O2S/c1-12-11-14-13-9(19-11)10(18)16-6-8(17)4-7(16)5-15(2)3/h7-8,17H,4-6H2,1-3H3,(H,12,14). The van der Waals surface area contributed by atoms with Crippen LogP contribution in [0.25, 0.3) is 0 Å². The molecule has 1 aliphatic rings. The quantitative estimate of drug-likeness (QED) is 0.791.